The second kappa shape index (κ2) is 6.06. The third-order valence-corrected chi connectivity index (χ3v) is 3.63. The van der Waals surface area contributed by atoms with E-state index in [-0.39, 0.29) is 17.9 Å². The molecule has 2 N–H and O–H groups in total. The molecule has 1 aliphatic rings. The number of carbonyl (C=O) groups excluding carboxylic acids is 2. The van der Waals surface area contributed by atoms with Crippen LogP contribution in [0.4, 0.5) is 0 Å². The Hall–Kier alpha value is -1.55. The van der Waals surface area contributed by atoms with Crippen molar-refractivity contribution in [3.05, 3.63) is 34.3 Å². The number of hydrogen-bond acceptors (Lipinski definition) is 2. The van der Waals surface area contributed by atoms with Crippen LogP contribution in [0.1, 0.15) is 35.2 Å². The molecule has 19 heavy (non-hydrogen) atoms. The van der Waals surface area contributed by atoms with Gasteiger partial charge in [0.1, 0.15) is 0 Å². The number of benzene rings is 1. The van der Waals surface area contributed by atoms with Gasteiger partial charge in [0.2, 0.25) is 5.91 Å². The van der Waals surface area contributed by atoms with Crippen LogP contribution >= 0.6 is 11.6 Å². The van der Waals surface area contributed by atoms with Crippen molar-refractivity contribution in [3.8, 4) is 0 Å². The normalized spacial score (nSPS) is 19.5. The lowest BCUT2D eigenvalue weighted by Gasteiger charge is -2.17. The molecule has 4 nitrogen and oxygen atoms in total. The van der Waals surface area contributed by atoms with E-state index in [2.05, 4.69) is 10.6 Å². The van der Waals surface area contributed by atoms with Crippen LogP contribution in [0.5, 0.6) is 0 Å². The summed E-state index contributed by atoms with van der Waals surface area (Å²) in [7, 11) is 0. The monoisotopic (exact) mass is 280 g/mol. The number of amides is 2. The molecule has 1 heterocycles. The van der Waals surface area contributed by atoms with Gasteiger partial charge in [0.25, 0.3) is 5.91 Å². The molecule has 1 fully saturated rings. The number of carbonyl (C=O) groups is 2. The van der Waals surface area contributed by atoms with Crippen LogP contribution in [-0.4, -0.2) is 24.4 Å². The van der Waals surface area contributed by atoms with Crippen LogP contribution in [0, 0.1) is 6.92 Å². The van der Waals surface area contributed by atoms with Crippen molar-refractivity contribution in [1.82, 2.24) is 10.6 Å². The smallest absolute Gasteiger partial charge is 0.253 e. The van der Waals surface area contributed by atoms with E-state index >= 15 is 0 Å². The van der Waals surface area contributed by atoms with Crippen LogP contribution in [0.2, 0.25) is 5.02 Å². The number of hydrogen-bond donors (Lipinski definition) is 2. The predicted octanol–water partition coefficient (Wildman–Crippen LogP) is 2.05. The molecule has 0 radical (unpaired) electrons. The highest BCUT2D eigenvalue weighted by molar-refractivity contribution is 6.34. The maximum absolute atomic E-state index is 12.2. The third-order valence-electron chi connectivity index (χ3n) is 3.32. The maximum atomic E-state index is 12.2. The summed E-state index contributed by atoms with van der Waals surface area (Å²) in [5, 5.41) is 6.21. The highest BCUT2D eigenvalue weighted by Crippen LogP contribution is 2.20. The van der Waals surface area contributed by atoms with Gasteiger partial charge < -0.3 is 10.6 Å². The Morgan fingerprint density at radius 3 is 2.95 bits per heavy atom. The molecule has 2 amide bonds. The molecule has 102 valence electrons. The van der Waals surface area contributed by atoms with Crippen molar-refractivity contribution in [1.29, 1.82) is 0 Å². The SMILES string of the molecule is Cc1cccc(Cl)c1C(=O)NC1CCNC(=O)CC1. The molecular weight excluding hydrogens is 264 g/mol. The molecule has 0 saturated carbocycles. The molecule has 0 bridgehead atoms. The molecule has 1 atom stereocenters. The fourth-order valence-electron chi connectivity index (χ4n) is 2.25. The van der Waals surface area contributed by atoms with Crippen molar-refractivity contribution in [3.63, 3.8) is 0 Å². The number of aryl methyl sites for hydroxylation is 1. The summed E-state index contributed by atoms with van der Waals surface area (Å²) in [4.78, 5) is 23.5. The first kappa shape index (κ1) is 13.9. The third kappa shape index (κ3) is 3.47. The van der Waals surface area contributed by atoms with Crippen LogP contribution in [0.25, 0.3) is 0 Å². The van der Waals surface area contributed by atoms with Crippen LogP contribution in [0.15, 0.2) is 18.2 Å². The second-order valence-electron chi connectivity index (χ2n) is 4.78. The Balaban J connectivity index is 2.06. The largest absolute Gasteiger partial charge is 0.356 e. The lowest BCUT2D eigenvalue weighted by Crippen LogP contribution is -2.35. The summed E-state index contributed by atoms with van der Waals surface area (Å²) in [6, 6.07) is 5.41. The quantitative estimate of drug-likeness (QED) is 0.871. The first-order valence-electron chi connectivity index (χ1n) is 6.40. The zero-order valence-electron chi connectivity index (χ0n) is 10.8. The molecule has 0 aromatic heterocycles. The predicted molar refractivity (Wildman–Crippen MR) is 74.3 cm³/mol. The van der Waals surface area contributed by atoms with Gasteiger partial charge in [0.15, 0.2) is 0 Å². The second-order valence-corrected chi connectivity index (χ2v) is 5.19. The Morgan fingerprint density at radius 2 is 2.21 bits per heavy atom. The summed E-state index contributed by atoms with van der Waals surface area (Å²) in [5.41, 5.74) is 1.38. The zero-order chi connectivity index (χ0) is 13.8. The van der Waals surface area contributed by atoms with Crippen molar-refractivity contribution < 1.29 is 9.59 Å². The molecule has 1 saturated heterocycles. The lowest BCUT2D eigenvalue weighted by molar-refractivity contribution is -0.120. The molecule has 1 aromatic rings. The summed E-state index contributed by atoms with van der Waals surface area (Å²) in [5.74, 6) is -0.117. The van der Waals surface area contributed by atoms with Gasteiger partial charge in [-0.25, -0.2) is 0 Å². The Bertz CT molecular complexity index is 482. The molecule has 2 rings (SSSR count). The van der Waals surface area contributed by atoms with E-state index in [0.717, 1.165) is 12.0 Å². The number of rotatable bonds is 2. The molecule has 1 unspecified atom stereocenters. The van der Waals surface area contributed by atoms with Gasteiger partial charge >= 0.3 is 0 Å². The van der Waals surface area contributed by atoms with Crippen LogP contribution in [-0.2, 0) is 4.79 Å². The molecule has 0 spiro atoms. The summed E-state index contributed by atoms with van der Waals surface area (Å²) >= 11 is 6.07. The average molecular weight is 281 g/mol. The van der Waals surface area contributed by atoms with Gasteiger partial charge in [-0.15, -0.1) is 0 Å². The van der Waals surface area contributed by atoms with Gasteiger partial charge in [-0.3, -0.25) is 9.59 Å². The minimum Gasteiger partial charge on any atom is -0.356 e. The topological polar surface area (TPSA) is 58.2 Å². The summed E-state index contributed by atoms with van der Waals surface area (Å²) in [6.07, 6.45) is 1.87. The Labute approximate surface area is 117 Å². The van der Waals surface area contributed by atoms with Gasteiger partial charge in [-0.2, -0.15) is 0 Å². The minimum absolute atomic E-state index is 0.0159. The van der Waals surface area contributed by atoms with Gasteiger partial charge in [-0.1, -0.05) is 23.7 Å². The average Bonchev–Trinajstić information content (AvgIpc) is 2.54. The van der Waals surface area contributed by atoms with Gasteiger partial charge in [0.05, 0.1) is 10.6 Å². The molecule has 0 aliphatic carbocycles. The van der Waals surface area contributed by atoms with Crippen molar-refractivity contribution in [2.45, 2.75) is 32.2 Å². The van der Waals surface area contributed by atoms with E-state index in [0.29, 0.717) is 30.0 Å². The first-order valence-corrected chi connectivity index (χ1v) is 6.78. The first-order chi connectivity index (χ1) is 9.08. The maximum Gasteiger partial charge on any atom is 0.253 e. The number of halogens is 1. The number of nitrogens with one attached hydrogen (secondary N) is 2. The lowest BCUT2D eigenvalue weighted by atomic mass is 10.1. The Kier molecular flexibility index (Phi) is 4.43. The van der Waals surface area contributed by atoms with Crippen molar-refractivity contribution in [2.75, 3.05) is 6.54 Å². The van der Waals surface area contributed by atoms with Gasteiger partial charge in [0, 0.05) is 19.0 Å². The van der Waals surface area contributed by atoms with E-state index in [9.17, 15) is 9.59 Å². The van der Waals surface area contributed by atoms with E-state index < -0.39 is 0 Å². The highest BCUT2D eigenvalue weighted by Gasteiger charge is 2.20. The highest BCUT2D eigenvalue weighted by atomic mass is 35.5. The molecule has 1 aliphatic heterocycles. The van der Waals surface area contributed by atoms with E-state index in [1.54, 1.807) is 6.07 Å². The minimum atomic E-state index is -0.164. The summed E-state index contributed by atoms with van der Waals surface area (Å²) < 4.78 is 0. The van der Waals surface area contributed by atoms with Crippen LogP contribution < -0.4 is 10.6 Å². The van der Waals surface area contributed by atoms with Crippen molar-refractivity contribution in [2.24, 2.45) is 0 Å². The fraction of sp³-hybridized carbons (Fsp3) is 0.429. The molecule has 5 heteroatoms. The Morgan fingerprint density at radius 1 is 1.42 bits per heavy atom. The summed E-state index contributed by atoms with van der Waals surface area (Å²) in [6.45, 7) is 2.46. The van der Waals surface area contributed by atoms with Crippen LogP contribution in [0.3, 0.4) is 0 Å². The van der Waals surface area contributed by atoms with Gasteiger partial charge in [-0.05, 0) is 31.4 Å². The molecule has 1 aromatic carbocycles. The van der Waals surface area contributed by atoms with E-state index in [4.69, 9.17) is 11.6 Å². The van der Waals surface area contributed by atoms with E-state index in [1.165, 1.54) is 0 Å². The van der Waals surface area contributed by atoms with E-state index in [1.807, 2.05) is 19.1 Å². The standard InChI is InChI=1S/C14H17ClN2O2/c1-9-3-2-4-11(15)13(9)14(19)17-10-5-6-12(18)16-8-7-10/h2-4,10H,5-8H2,1H3,(H,16,18)(H,17,19). The fourth-order valence-corrected chi connectivity index (χ4v) is 2.55. The van der Waals surface area contributed by atoms with Crippen molar-refractivity contribution >= 4 is 23.4 Å². The zero-order valence-corrected chi connectivity index (χ0v) is 11.6. The molecular formula is C14H17ClN2O2.